The van der Waals surface area contributed by atoms with Crippen LogP contribution >= 0.6 is 0 Å². The Labute approximate surface area is 169 Å². The number of nitrogens with zero attached hydrogens (tertiary/aromatic N) is 1. The highest BCUT2D eigenvalue weighted by molar-refractivity contribution is 6.12. The van der Waals surface area contributed by atoms with Crippen molar-refractivity contribution >= 4 is 23.6 Å². The molecule has 150 valence electrons. The van der Waals surface area contributed by atoms with Crippen LogP contribution in [-0.2, 0) is 9.59 Å². The number of anilines is 1. The Morgan fingerprint density at radius 3 is 2.59 bits per heavy atom. The molecule has 0 atom stereocenters. The van der Waals surface area contributed by atoms with E-state index in [9.17, 15) is 14.0 Å². The molecular weight excluding hydrogens is 371 g/mol. The molecule has 0 bridgehead atoms. The van der Waals surface area contributed by atoms with Gasteiger partial charge in [-0.25, -0.2) is 4.39 Å². The molecule has 0 aromatic heterocycles. The van der Waals surface area contributed by atoms with E-state index in [1.165, 1.54) is 23.5 Å². The summed E-state index contributed by atoms with van der Waals surface area (Å²) in [6.07, 6.45) is 6.97. The maximum Gasteiger partial charge on any atom is 0.294 e. The van der Waals surface area contributed by atoms with Gasteiger partial charge in [0, 0.05) is 6.04 Å². The molecule has 29 heavy (non-hydrogen) atoms. The largest absolute Gasteiger partial charge is 0.449 e. The summed E-state index contributed by atoms with van der Waals surface area (Å²) in [4.78, 5) is 27.1. The number of amides is 2. The molecule has 2 aliphatic rings. The Morgan fingerprint density at radius 1 is 1.10 bits per heavy atom. The minimum absolute atomic E-state index is 0.0730. The van der Waals surface area contributed by atoms with Gasteiger partial charge in [-0.15, -0.1) is 0 Å². The van der Waals surface area contributed by atoms with Crippen molar-refractivity contribution in [3.63, 3.8) is 0 Å². The second kappa shape index (κ2) is 8.47. The van der Waals surface area contributed by atoms with Gasteiger partial charge in [-0.05, 0) is 48.7 Å². The smallest absolute Gasteiger partial charge is 0.294 e. The zero-order valence-electron chi connectivity index (χ0n) is 16.1. The maximum atomic E-state index is 13.2. The average molecular weight is 394 g/mol. The van der Waals surface area contributed by atoms with Crippen LogP contribution in [0.5, 0.6) is 5.75 Å². The van der Waals surface area contributed by atoms with Crippen molar-refractivity contribution in [2.24, 2.45) is 0 Å². The van der Waals surface area contributed by atoms with Gasteiger partial charge in [0.15, 0.2) is 11.5 Å². The second-order valence-electron chi connectivity index (χ2n) is 7.42. The van der Waals surface area contributed by atoms with Crippen molar-refractivity contribution in [2.75, 3.05) is 11.4 Å². The zero-order chi connectivity index (χ0) is 20.2. The van der Waals surface area contributed by atoms with Crippen LogP contribution in [0.1, 0.15) is 37.7 Å². The van der Waals surface area contributed by atoms with E-state index in [-0.39, 0.29) is 30.1 Å². The van der Waals surface area contributed by atoms with Crippen molar-refractivity contribution in [1.82, 2.24) is 5.32 Å². The summed E-state index contributed by atoms with van der Waals surface area (Å²) in [5.41, 5.74) is 1.20. The molecule has 0 unspecified atom stereocenters. The van der Waals surface area contributed by atoms with Gasteiger partial charge in [0.2, 0.25) is 5.91 Å². The molecule has 1 N–H and O–H groups in total. The summed E-state index contributed by atoms with van der Waals surface area (Å²) in [6.45, 7) is -0.0730. The molecule has 2 aromatic rings. The third-order valence-corrected chi connectivity index (χ3v) is 5.27. The number of hydrogen-bond acceptors (Lipinski definition) is 3. The first-order valence-corrected chi connectivity index (χ1v) is 9.95. The van der Waals surface area contributed by atoms with Crippen molar-refractivity contribution in [3.05, 3.63) is 65.7 Å². The third kappa shape index (κ3) is 4.47. The van der Waals surface area contributed by atoms with E-state index in [0.717, 1.165) is 25.7 Å². The molecule has 2 aromatic carbocycles. The van der Waals surface area contributed by atoms with Crippen LogP contribution in [0.3, 0.4) is 0 Å². The highest BCUT2D eigenvalue weighted by atomic mass is 19.1. The number of para-hydroxylation sites is 2. The maximum absolute atomic E-state index is 13.2. The Kier molecular flexibility index (Phi) is 5.60. The molecular formula is C23H23FN2O3. The van der Waals surface area contributed by atoms with Gasteiger partial charge < -0.3 is 10.1 Å². The molecule has 6 heteroatoms. The Hall–Kier alpha value is -3.15. The number of carbonyl (C=O) groups is 2. The van der Waals surface area contributed by atoms with E-state index >= 15 is 0 Å². The molecule has 0 spiro atoms. The Morgan fingerprint density at radius 2 is 1.83 bits per heavy atom. The van der Waals surface area contributed by atoms with E-state index < -0.39 is 5.91 Å². The fourth-order valence-electron chi connectivity index (χ4n) is 3.79. The molecule has 2 amide bonds. The first-order valence-electron chi connectivity index (χ1n) is 9.95. The molecule has 5 nitrogen and oxygen atoms in total. The van der Waals surface area contributed by atoms with Gasteiger partial charge in [0.25, 0.3) is 5.91 Å². The summed E-state index contributed by atoms with van der Waals surface area (Å²) in [6, 6.07) is 13.1. The first-order chi connectivity index (χ1) is 14.1. The first kappa shape index (κ1) is 19.2. The number of halogens is 1. The molecule has 0 saturated heterocycles. The SMILES string of the molecule is O=C(CN1C(=O)/C(=C\c2ccc(F)cc2)Oc2ccccc21)NC1CCCCC1. The molecule has 1 saturated carbocycles. The number of nitrogens with one attached hydrogen (secondary N) is 1. The van der Waals surface area contributed by atoms with E-state index in [1.807, 2.05) is 6.07 Å². The fourth-order valence-corrected chi connectivity index (χ4v) is 3.79. The fraction of sp³-hybridized carbons (Fsp3) is 0.304. The van der Waals surface area contributed by atoms with E-state index in [1.54, 1.807) is 36.4 Å². The van der Waals surface area contributed by atoms with Gasteiger partial charge in [-0.1, -0.05) is 43.5 Å². The lowest BCUT2D eigenvalue weighted by molar-refractivity contribution is -0.124. The number of carbonyl (C=O) groups excluding carboxylic acids is 2. The van der Waals surface area contributed by atoms with E-state index in [4.69, 9.17) is 4.74 Å². The molecule has 1 aliphatic heterocycles. The lowest BCUT2D eigenvalue weighted by Crippen LogP contribution is -2.47. The van der Waals surface area contributed by atoms with Gasteiger partial charge in [0.05, 0.1) is 5.69 Å². The monoisotopic (exact) mass is 394 g/mol. The zero-order valence-corrected chi connectivity index (χ0v) is 16.1. The Bertz CT molecular complexity index is 933. The number of ether oxygens (including phenoxy) is 1. The second-order valence-corrected chi connectivity index (χ2v) is 7.42. The van der Waals surface area contributed by atoms with Crippen LogP contribution in [0.2, 0.25) is 0 Å². The van der Waals surface area contributed by atoms with Crippen LogP contribution in [0.15, 0.2) is 54.3 Å². The number of fused-ring (bicyclic) bond motifs is 1. The van der Waals surface area contributed by atoms with Crippen molar-refractivity contribution in [3.8, 4) is 5.75 Å². The predicted octanol–water partition coefficient (Wildman–Crippen LogP) is 4.04. The third-order valence-electron chi connectivity index (χ3n) is 5.27. The van der Waals surface area contributed by atoms with Crippen LogP contribution in [0, 0.1) is 5.82 Å². The van der Waals surface area contributed by atoms with Crippen molar-refractivity contribution < 1.29 is 18.7 Å². The molecule has 4 rings (SSSR count). The topological polar surface area (TPSA) is 58.6 Å². The number of benzene rings is 2. The summed E-state index contributed by atoms with van der Waals surface area (Å²) in [5, 5.41) is 3.05. The molecule has 1 heterocycles. The van der Waals surface area contributed by atoms with Crippen LogP contribution in [0.25, 0.3) is 6.08 Å². The summed E-state index contributed by atoms with van der Waals surface area (Å²) < 4.78 is 18.9. The minimum atomic E-state index is -0.396. The van der Waals surface area contributed by atoms with Crippen molar-refractivity contribution in [2.45, 2.75) is 38.1 Å². The quantitative estimate of drug-likeness (QED) is 0.797. The van der Waals surface area contributed by atoms with Gasteiger partial charge in [-0.2, -0.15) is 0 Å². The average Bonchev–Trinajstić information content (AvgIpc) is 2.73. The van der Waals surface area contributed by atoms with Crippen LogP contribution in [-0.4, -0.2) is 24.4 Å². The van der Waals surface area contributed by atoms with Gasteiger partial charge in [-0.3, -0.25) is 14.5 Å². The van der Waals surface area contributed by atoms with E-state index in [0.29, 0.717) is 17.0 Å². The normalized spacial score (nSPS) is 18.3. The van der Waals surface area contributed by atoms with Crippen molar-refractivity contribution in [1.29, 1.82) is 0 Å². The minimum Gasteiger partial charge on any atom is -0.449 e. The van der Waals surface area contributed by atoms with Crippen LogP contribution < -0.4 is 15.0 Å². The molecule has 1 aliphatic carbocycles. The summed E-state index contributed by atoms with van der Waals surface area (Å²) >= 11 is 0. The highest BCUT2D eigenvalue weighted by Crippen LogP contribution is 2.35. The number of rotatable bonds is 4. The molecule has 1 fully saturated rings. The van der Waals surface area contributed by atoms with Gasteiger partial charge >= 0.3 is 0 Å². The lowest BCUT2D eigenvalue weighted by atomic mass is 9.95. The summed E-state index contributed by atoms with van der Waals surface area (Å²) in [7, 11) is 0. The van der Waals surface area contributed by atoms with Crippen LogP contribution in [0.4, 0.5) is 10.1 Å². The van der Waals surface area contributed by atoms with Gasteiger partial charge in [0.1, 0.15) is 12.4 Å². The number of hydrogen-bond donors (Lipinski definition) is 1. The predicted molar refractivity (Wildman–Crippen MR) is 109 cm³/mol. The molecule has 0 radical (unpaired) electrons. The standard InChI is InChI=1S/C23H23FN2O3/c24-17-12-10-16(11-13-17)14-21-23(28)26(19-8-4-5-9-20(19)29-21)15-22(27)25-18-6-2-1-3-7-18/h4-5,8-14,18H,1-3,6-7,15H2,(H,25,27)/b21-14+. The van der Waals surface area contributed by atoms with E-state index in [2.05, 4.69) is 5.32 Å². The Balaban J connectivity index is 1.57. The summed E-state index contributed by atoms with van der Waals surface area (Å²) in [5.74, 6) is -0.323. The highest BCUT2D eigenvalue weighted by Gasteiger charge is 2.32. The lowest BCUT2D eigenvalue weighted by Gasteiger charge is -2.31.